The van der Waals surface area contributed by atoms with E-state index < -0.39 is 0 Å². The molecule has 0 spiro atoms. The summed E-state index contributed by atoms with van der Waals surface area (Å²) >= 11 is 0. The molecule has 0 fully saturated rings. The number of aryl methyl sites for hydroxylation is 1. The number of fused-ring (bicyclic) bond motifs is 1. The van der Waals surface area contributed by atoms with E-state index in [4.69, 9.17) is 0 Å². The predicted octanol–water partition coefficient (Wildman–Crippen LogP) is 3.08. The van der Waals surface area contributed by atoms with Crippen LogP contribution in [0.3, 0.4) is 0 Å². The molecular formula is C23H20N4O2. The van der Waals surface area contributed by atoms with Gasteiger partial charge in [0.15, 0.2) is 0 Å². The van der Waals surface area contributed by atoms with Crippen LogP contribution in [0.5, 0.6) is 0 Å². The summed E-state index contributed by atoms with van der Waals surface area (Å²) < 4.78 is 1.33. The molecule has 1 amide bonds. The lowest BCUT2D eigenvalue weighted by Crippen LogP contribution is -2.25. The molecule has 3 aromatic carbocycles. The molecular weight excluding hydrogens is 364 g/mol. The van der Waals surface area contributed by atoms with E-state index in [1.54, 1.807) is 30.3 Å². The van der Waals surface area contributed by atoms with Gasteiger partial charge in [-0.2, -0.15) is 0 Å². The number of carbonyl (C=O) groups is 1. The van der Waals surface area contributed by atoms with Gasteiger partial charge in [0.25, 0.3) is 11.5 Å². The Morgan fingerprint density at radius 2 is 1.62 bits per heavy atom. The summed E-state index contributed by atoms with van der Waals surface area (Å²) in [4.78, 5) is 24.9. The van der Waals surface area contributed by atoms with Gasteiger partial charge in [-0.05, 0) is 42.3 Å². The van der Waals surface area contributed by atoms with Gasteiger partial charge in [-0.3, -0.25) is 9.59 Å². The van der Waals surface area contributed by atoms with Crippen molar-refractivity contribution in [3.63, 3.8) is 0 Å². The number of aromatic nitrogens is 3. The maximum atomic E-state index is 12.5. The van der Waals surface area contributed by atoms with Crippen LogP contribution in [0.4, 0.5) is 0 Å². The van der Waals surface area contributed by atoms with Crippen molar-refractivity contribution in [3.05, 3.63) is 105 Å². The van der Waals surface area contributed by atoms with E-state index >= 15 is 0 Å². The third kappa shape index (κ3) is 4.21. The van der Waals surface area contributed by atoms with Gasteiger partial charge in [0, 0.05) is 12.1 Å². The molecule has 0 atom stereocenters. The number of nitrogens with one attached hydrogen (secondary N) is 1. The fraction of sp³-hybridized carbons (Fsp3) is 0.130. The van der Waals surface area contributed by atoms with E-state index in [2.05, 4.69) is 15.6 Å². The van der Waals surface area contributed by atoms with Gasteiger partial charge >= 0.3 is 0 Å². The minimum Gasteiger partial charge on any atom is -0.348 e. The lowest BCUT2D eigenvalue weighted by molar-refractivity contribution is 0.0951. The van der Waals surface area contributed by atoms with Crippen molar-refractivity contribution in [3.8, 4) is 0 Å². The molecule has 0 saturated carbocycles. The maximum absolute atomic E-state index is 12.5. The smallest absolute Gasteiger partial charge is 0.277 e. The molecule has 0 aliphatic rings. The third-order valence-electron chi connectivity index (χ3n) is 4.75. The molecule has 1 heterocycles. The van der Waals surface area contributed by atoms with Crippen molar-refractivity contribution in [2.24, 2.45) is 0 Å². The Balaban J connectivity index is 1.44. The molecule has 6 heteroatoms. The van der Waals surface area contributed by atoms with Gasteiger partial charge < -0.3 is 5.32 Å². The van der Waals surface area contributed by atoms with Crippen LogP contribution in [-0.2, 0) is 13.1 Å². The summed E-state index contributed by atoms with van der Waals surface area (Å²) in [5.74, 6) is -0.139. The fourth-order valence-corrected chi connectivity index (χ4v) is 3.05. The first-order valence-electron chi connectivity index (χ1n) is 9.35. The minimum atomic E-state index is -0.185. The summed E-state index contributed by atoms with van der Waals surface area (Å²) in [6, 6.07) is 22.3. The molecule has 0 radical (unpaired) electrons. The normalized spacial score (nSPS) is 10.8. The van der Waals surface area contributed by atoms with Crippen molar-refractivity contribution in [1.82, 2.24) is 20.3 Å². The lowest BCUT2D eigenvalue weighted by atomic mass is 10.1. The number of carbonyl (C=O) groups excluding carboxylic acids is 1. The van der Waals surface area contributed by atoms with E-state index in [9.17, 15) is 9.59 Å². The van der Waals surface area contributed by atoms with Crippen LogP contribution >= 0.6 is 0 Å². The molecule has 1 aromatic heterocycles. The standard InChI is InChI=1S/C23H20N4O2/c1-16-6-8-17(9-7-16)14-24-22(28)19-12-10-18(11-13-19)15-27-23(29)20-4-2-3-5-21(20)25-26-27/h2-13H,14-15H2,1H3,(H,24,28). The monoisotopic (exact) mass is 384 g/mol. The SMILES string of the molecule is Cc1ccc(CNC(=O)c2ccc(Cn3nnc4ccccc4c3=O)cc2)cc1. The average Bonchev–Trinajstić information content (AvgIpc) is 2.76. The molecule has 0 aliphatic heterocycles. The van der Waals surface area contributed by atoms with E-state index in [0.717, 1.165) is 11.1 Å². The molecule has 0 bridgehead atoms. The second-order valence-corrected chi connectivity index (χ2v) is 6.93. The quantitative estimate of drug-likeness (QED) is 0.574. The van der Waals surface area contributed by atoms with Crippen LogP contribution in [0.1, 0.15) is 27.0 Å². The molecule has 4 rings (SSSR count). The number of nitrogens with zero attached hydrogens (tertiary/aromatic N) is 3. The van der Waals surface area contributed by atoms with Gasteiger partial charge in [-0.25, -0.2) is 4.68 Å². The average molecular weight is 384 g/mol. The predicted molar refractivity (Wildman–Crippen MR) is 112 cm³/mol. The highest BCUT2D eigenvalue weighted by Gasteiger charge is 2.08. The van der Waals surface area contributed by atoms with Crippen molar-refractivity contribution in [2.45, 2.75) is 20.0 Å². The highest BCUT2D eigenvalue weighted by atomic mass is 16.1. The molecule has 144 valence electrons. The van der Waals surface area contributed by atoms with Crippen molar-refractivity contribution in [1.29, 1.82) is 0 Å². The van der Waals surface area contributed by atoms with Gasteiger partial charge in [0.05, 0.1) is 11.9 Å². The summed E-state index contributed by atoms with van der Waals surface area (Å²) in [5, 5.41) is 11.5. The highest BCUT2D eigenvalue weighted by molar-refractivity contribution is 5.94. The number of benzene rings is 3. The molecule has 29 heavy (non-hydrogen) atoms. The van der Waals surface area contributed by atoms with E-state index in [1.165, 1.54) is 10.2 Å². The van der Waals surface area contributed by atoms with Crippen molar-refractivity contribution >= 4 is 16.8 Å². The number of amides is 1. The second kappa shape index (κ2) is 8.06. The summed E-state index contributed by atoms with van der Waals surface area (Å²) in [7, 11) is 0. The highest BCUT2D eigenvalue weighted by Crippen LogP contribution is 2.08. The van der Waals surface area contributed by atoms with Gasteiger partial charge in [0.2, 0.25) is 0 Å². The van der Waals surface area contributed by atoms with E-state index in [-0.39, 0.29) is 11.5 Å². The molecule has 4 aromatic rings. The van der Waals surface area contributed by atoms with Crippen LogP contribution in [0.15, 0.2) is 77.6 Å². The lowest BCUT2D eigenvalue weighted by Gasteiger charge is -2.08. The van der Waals surface area contributed by atoms with Gasteiger partial charge in [0.1, 0.15) is 5.52 Å². The largest absolute Gasteiger partial charge is 0.348 e. The van der Waals surface area contributed by atoms with Crippen LogP contribution in [0.25, 0.3) is 10.9 Å². The Morgan fingerprint density at radius 3 is 2.38 bits per heavy atom. The summed E-state index contributed by atoms with van der Waals surface area (Å²) in [6.45, 7) is 2.80. The topological polar surface area (TPSA) is 76.9 Å². The van der Waals surface area contributed by atoms with Gasteiger partial charge in [-0.1, -0.05) is 59.3 Å². The van der Waals surface area contributed by atoms with E-state index in [1.807, 2.05) is 49.4 Å². The summed E-state index contributed by atoms with van der Waals surface area (Å²) in [6.07, 6.45) is 0. The zero-order valence-electron chi connectivity index (χ0n) is 16.0. The Hall–Kier alpha value is -3.80. The number of hydrogen-bond acceptors (Lipinski definition) is 4. The Kier molecular flexibility index (Phi) is 5.16. The number of rotatable bonds is 5. The molecule has 6 nitrogen and oxygen atoms in total. The Morgan fingerprint density at radius 1 is 0.931 bits per heavy atom. The number of hydrogen-bond donors (Lipinski definition) is 1. The first-order valence-corrected chi connectivity index (χ1v) is 9.35. The third-order valence-corrected chi connectivity index (χ3v) is 4.75. The first kappa shape index (κ1) is 18.6. The second-order valence-electron chi connectivity index (χ2n) is 6.93. The van der Waals surface area contributed by atoms with Crippen LogP contribution < -0.4 is 10.9 Å². The molecule has 1 N–H and O–H groups in total. The Bertz CT molecular complexity index is 1210. The zero-order chi connectivity index (χ0) is 20.2. The zero-order valence-corrected chi connectivity index (χ0v) is 16.0. The molecule has 0 unspecified atom stereocenters. The van der Waals surface area contributed by atoms with Crippen LogP contribution in [0.2, 0.25) is 0 Å². The maximum Gasteiger partial charge on any atom is 0.277 e. The molecule has 0 aliphatic carbocycles. The Labute approximate surface area is 167 Å². The van der Waals surface area contributed by atoms with Gasteiger partial charge in [-0.15, -0.1) is 5.10 Å². The first-order chi connectivity index (χ1) is 14.1. The minimum absolute atomic E-state index is 0.139. The molecule has 0 saturated heterocycles. The van der Waals surface area contributed by atoms with Crippen molar-refractivity contribution in [2.75, 3.05) is 0 Å². The van der Waals surface area contributed by atoms with Crippen LogP contribution in [0, 0.1) is 6.92 Å². The van der Waals surface area contributed by atoms with Crippen LogP contribution in [-0.4, -0.2) is 20.9 Å². The van der Waals surface area contributed by atoms with E-state index in [0.29, 0.717) is 29.6 Å². The van der Waals surface area contributed by atoms with Crippen molar-refractivity contribution < 1.29 is 4.79 Å². The fourth-order valence-electron chi connectivity index (χ4n) is 3.05. The summed E-state index contributed by atoms with van der Waals surface area (Å²) in [5.41, 5.74) is 4.06.